The number of hydrogen-bond acceptors (Lipinski definition) is 4. The zero-order valence-electron chi connectivity index (χ0n) is 17.3. The monoisotopic (exact) mass is 467 g/mol. The van der Waals surface area contributed by atoms with E-state index in [1.807, 2.05) is 19.1 Å². The molecule has 0 spiro atoms. The highest BCUT2D eigenvalue weighted by Gasteiger charge is 2.47. The number of nitrogens with zero attached hydrogens (tertiary/aromatic N) is 1. The van der Waals surface area contributed by atoms with Crippen molar-refractivity contribution in [2.75, 3.05) is 12.0 Å². The van der Waals surface area contributed by atoms with E-state index in [1.54, 1.807) is 42.5 Å². The van der Waals surface area contributed by atoms with Crippen molar-refractivity contribution < 1.29 is 19.4 Å². The number of methoxy groups -OCH3 is 1. The van der Waals surface area contributed by atoms with Crippen LogP contribution >= 0.6 is 23.2 Å². The lowest BCUT2D eigenvalue weighted by atomic mass is 9.94. The van der Waals surface area contributed by atoms with Crippen LogP contribution in [0, 0.1) is 6.92 Å². The van der Waals surface area contributed by atoms with E-state index in [4.69, 9.17) is 27.9 Å². The average molecular weight is 468 g/mol. The number of hydrogen-bond donors (Lipinski definition) is 1. The number of Topliss-reactive ketones (excluding diaryl/α,β-unsaturated/α-hetero) is 1. The Hall–Kier alpha value is -3.28. The lowest BCUT2D eigenvalue weighted by Crippen LogP contribution is -2.30. The molecule has 1 amide bonds. The van der Waals surface area contributed by atoms with E-state index in [0.717, 1.165) is 5.56 Å². The molecule has 1 N–H and O–H groups in total. The predicted octanol–water partition coefficient (Wildman–Crippen LogP) is 5.94. The Bertz CT molecular complexity index is 1270. The SMILES string of the molecule is COc1cccc(C2/C(=C(/O)c3ccc(Cl)c(Cl)c3)C(=O)C(=O)N2c2ccccc2C)c1. The van der Waals surface area contributed by atoms with Crippen molar-refractivity contribution in [2.45, 2.75) is 13.0 Å². The van der Waals surface area contributed by atoms with Gasteiger partial charge in [0, 0.05) is 11.3 Å². The molecule has 1 atom stereocenters. The number of benzene rings is 3. The second-order valence-electron chi connectivity index (χ2n) is 7.36. The van der Waals surface area contributed by atoms with Crippen molar-refractivity contribution in [1.82, 2.24) is 0 Å². The number of amides is 1. The molecule has 1 aliphatic rings. The number of halogens is 2. The second kappa shape index (κ2) is 8.69. The zero-order valence-corrected chi connectivity index (χ0v) is 18.8. The molecule has 0 aromatic heterocycles. The minimum absolute atomic E-state index is 0.0371. The molecule has 1 heterocycles. The van der Waals surface area contributed by atoms with Gasteiger partial charge in [0.2, 0.25) is 0 Å². The summed E-state index contributed by atoms with van der Waals surface area (Å²) in [5, 5.41) is 11.7. The van der Waals surface area contributed by atoms with E-state index in [0.29, 0.717) is 22.0 Å². The van der Waals surface area contributed by atoms with Gasteiger partial charge in [0.05, 0.1) is 28.8 Å². The third-order valence-electron chi connectivity index (χ3n) is 5.42. The maximum absolute atomic E-state index is 13.2. The van der Waals surface area contributed by atoms with E-state index in [9.17, 15) is 14.7 Å². The number of para-hydroxylation sites is 1. The number of aryl methyl sites for hydroxylation is 1. The van der Waals surface area contributed by atoms with Gasteiger partial charge in [-0.3, -0.25) is 14.5 Å². The molecule has 162 valence electrons. The van der Waals surface area contributed by atoms with Gasteiger partial charge in [-0.25, -0.2) is 0 Å². The van der Waals surface area contributed by atoms with Crippen LogP contribution in [0.3, 0.4) is 0 Å². The van der Waals surface area contributed by atoms with Gasteiger partial charge in [-0.2, -0.15) is 0 Å². The van der Waals surface area contributed by atoms with Gasteiger partial charge in [0.1, 0.15) is 11.5 Å². The van der Waals surface area contributed by atoms with E-state index in [-0.39, 0.29) is 21.9 Å². The maximum atomic E-state index is 13.2. The van der Waals surface area contributed by atoms with Crippen molar-refractivity contribution in [1.29, 1.82) is 0 Å². The maximum Gasteiger partial charge on any atom is 0.300 e. The molecule has 4 rings (SSSR count). The van der Waals surface area contributed by atoms with Crippen molar-refractivity contribution >= 4 is 46.3 Å². The molecule has 1 unspecified atom stereocenters. The van der Waals surface area contributed by atoms with Gasteiger partial charge in [0.25, 0.3) is 11.7 Å². The van der Waals surface area contributed by atoms with Crippen LogP contribution in [0.15, 0.2) is 72.3 Å². The summed E-state index contributed by atoms with van der Waals surface area (Å²) in [4.78, 5) is 27.8. The zero-order chi connectivity index (χ0) is 23.0. The van der Waals surface area contributed by atoms with E-state index in [1.165, 1.54) is 24.1 Å². The van der Waals surface area contributed by atoms with Crippen LogP contribution in [-0.2, 0) is 9.59 Å². The van der Waals surface area contributed by atoms with E-state index in [2.05, 4.69) is 0 Å². The smallest absolute Gasteiger partial charge is 0.300 e. The molecule has 3 aromatic carbocycles. The third-order valence-corrected chi connectivity index (χ3v) is 6.16. The number of carbonyl (C=O) groups excluding carboxylic acids is 2. The Morgan fingerprint density at radius 1 is 0.969 bits per heavy atom. The standard InChI is InChI=1S/C25H19Cl2NO4/c1-14-6-3-4-9-20(14)28-22(15-7-5-8-17(12-15)32-2)21(24(30)25(28)31)23(29)16-10-11-18(26)19(27)13-16/h3-13,22,29H,1-2H3/b23-21-. The van der Waals surface area contributed by atoms with Crippen LogP contribution in [-0.4, -0.2) is 23.9 Å². The molecule has 0 bridgehead atoms. The van der Waals surface area contributed by atoms with E-state index >= 15 is 0 Å². The molecule has 1 aliphatic heterocycles. The molecule has 5 nitrogen and oxygen atoms in total. The van der Waals surface area contributed by atoms with Crippen LogP contribution in [0.2, 0.25) is 10.0 Å². The van der Waals surface area contributed by atoms with Crippen LogP contribution in [0.1, 0.15) is 22.7 Å². The molecule has 1 saturated heterocycles. The van der Waals surface area contributed by atoms with Gasteiger partial charge in [-0.15, -0.1) is 0 Å². The highest BCUT2D eigenvalue weighted by molar-refractivity contribution is 6.52. The number of rotatable bonds is 4. The minimum atomic E-state index is -0.861. The van der Waals surface area contributed by atoms with Gasteiger partial charge >= 0.3 is 0 Å². The van der Waals surface area contributed by atoms with Crippen molar-refractivity contribution in [3.05, 3.63) is 99.0 Å². The summed E-state index contributed by atoms with van der Waals surface area (Å²) in [5.74, 6) is -1.28. The van der Waals surface area contributed by atoms with Crippen molar-refractivity contribution in [3.63, 3.8) is 0 Å². The molecule has 3 aromatic rings. The molecule has 32 heavy (non-hydrogen) atoms. The fourth-order valence-electron chi connectivity index (χ4n) is 3.84. The molecular weight excluding hydrogens is 449 g/mol. The Morgan fingerprint density at radius 3 is 2.41 bits per heavy atom. The fraction of sp³-hybridized carbons (Fsp3) is 0.120. The lowest BCUT2D eigenvalue weighted by Gasteiger charge is -2.27. The largest absolute Gasteiger partial charge is 0.507 e. The van der Waals surface area contributed by atoms with Crippen molar-refractivity contribution in [2.24, 2.45) is 0 Å². The fourth-order valence-corrected chi connectivity index (χ4v) is 4.14. The Labute approximate surface area is 195 Å². The summed E-state index contributed by atoms with van der Waals surface area (Å²) < 4.78 is 5.34. The molecule has 7 heteroatoms. The van der Waals surface area contributed by atoms with Crippen molar-refractivity contribution in [3.8, 4) is 5.75 Å². The number of carbonyl (C=O) groups is 2. The first kappa shape index (κ1) is 21.9. The normalized spacial score (nSPS) is 17.6. The summed E-state index contributed by atoms with van der Waals surface area (Å²) in [6.45, 7) is 1.86. The summed E-state index contributed by atoms with van der Waals surface area (Å²) in [6, 6.07) is 18.0. The topological polar surface area (TPSA) is 66.8 Å². The lowest BCUT2D eigenvalue weighted by molar-refractivity contribution is -0.132. The summed E-state index contributed by atoms with van der Waals surface area (Å²) in [6.07, 6.45) is 0. The summed E-state index contributed by atoms with van der Waals surface area (Å²) >= 11 is 12.1. The predicted molar refractivity (Wildman–Crippen MR) is 125 cm³/mol. The first-order valence-electron chi connectivity index (χ1n) is 9.79. The number of ketones is 1. The number of aliphatic hydroxyl groups is 1. The van der Waals surface area contributed by atoms with Gasteiger partial charge in [-0.1, -0.05) is 53.5 Å². The van der Waals surface area contributed by atoms with Crippen LogP contribution < -0.4 is 9.64 Å². The number of ether oxygens (including phenoxy) is 1. The molecule has 1 fully saturated rings. The number of aliphatic hydroxyl groups excluding tert-OH is 1. The molecule has 0 aliphatic carbocycles. The minimum Gasteiger partial charge on any atom is -0.507 e. The van der Waals surface area contributed by atoms with Crippen LogP contribution in [0.4, 0.5) is 5.69 Å². The third kappa shape index (κ3) is 3.74. The molecule has 0 radical (unpaired) electrons. The molecular formula is C25H19Cl2NO4. The quantitative estimate of drug-likeness (QED) is 0.293. The summed E-state index contributed by atoms with van der Waals surface area (Å²) in [7, 11) is 1.53. The highest BCUT2D eigenvalue weighted by Crippen LogP contribution is 2.44. The Kier molecular flexibility index (Phi) is 5.96. The first-order valence-corrected chi connectivity index (χ1v) is 10.5. The van der Waals surface area contributed by atoms with Gasteiger partial charge < -0.3 is 9.84 Å². The first-order chi connectivity index (χ1) is 15.3. The summed E-state index contributed by atoms with van der Waals surface area (Å²) in [5.41, 5.74) is 2.26. The van der Waals surface area contributed by atoms with Gasteiger partial charge in [-0.05, 0) is 54.4 Å². The Morgan fingerprint density at radius 2 is 1.72 bits per heavy atom. The highest BCUT2D eigenvalue weighted by atomic mass is 35.5. The number of anilines is 1. The van der Waals surface area contributed by atoms with Crippen LogP contribution in [0.25, 0.3) is 5.76 Å². The average Bonchev–Trinajstić information content (AvgIpc) is 3.06. The second-order valence-corrected chi connectivity index (χ2v) is 8.18. The van der Waals surface area contributed by atoms with Gasteiger partial charge in [0.15, 0.2) is 0 Å². The van der Waals surface area contributed by atoms with Crippen LogP contribution in [0.5, 0.6) is 5.75 Å². The molecule has 0 saturated carbocycles. The Balaban J connectivity index is 1.99. The van der Waals surface area contributed by atoms with E-state index < -0.39 is 17.7 Å².